The smallest absolute Gasteiger partial charge is 0.235 e. The molecule has 0 spiro atoms. The summed E-state index contributed by atoms with van der Waals surface area (Å²) in [6.45, 7) is 2.07. The first-order chi connectivity index (χ1) is 6.74. The number of rotatable bonds is 2. The number of nitrogen functional groups attached to an aromatic ring is 1. The monoisotopic (exact) mass is 195 g/mol. The van der Waals surface area contributed by atoms with E-state index < -0.39 is 0 Å². The molecule has 6 nitrogen and oxygen atoms in total. The molecule has 0 saturated carbocycles. The van der Waals surface area contributed by atoms with E-state index in [1.54, 1.807) is 6.20 Å². The maximum atomic E-state index is 5.50. The average molecular weight is 195 g/mol. The Bertz CT molecular complexity index is 318. The third kappa shape index (κ3) is 2.09. The van der Waals surface area contributed by atoms with Crippen molar-refractivity contribution in [3.63, 3.8) is 0 Å². The molecule has 4 N–H and O–H groups in total. The van der Waals surface area contributed by atoms with Crippen molar-refractivity contribution in [2.45, 2.75) is 25.6 Å². The van der Waals surface area contributed by atoms with Crippen LogP contribution < -0.4 is 21.3 Å². The Kier molecular flexibility index (Phi) is 2.47. The van der Waals surface area contributed by atoms with Gasteiger partial charge in [0.15, 0.2) is 6.23 Å². The summed E-state index contributed by atoms with van der Waals surface area (Å²) in [6.07, 6.45) is 3.84. The lowest BCUT2D eigenvalue weighted by atomic mass is 10.2. The molecule has 0 aliphatic carbocycles. The number of nitrogens with two attached hydrogens (primary N) is 1. The first-order valence-corrected chi connectivity index (χ1v) is 4.49. The van der Waals surface area contributed by atoms with Crippen LogP contribution in [-0.4, -0.2) is 22.2 Å². The van der Waals surface area contributed by atoms with Crippen LogP contribution in [0.1, 0.15) is 13.3 Å². The number of hydrogen-bond acceptors (Lipinski definition) is 6. The molecule has 2 rings (SSSR count). The maximum Gasteiger partial charge on any atom is 0.235 e. The molecule has 76 valence electrons. The van der Waals surface area contributed by atoms with Gasteiger partial charge in [-0.05, 0) is 6.92 Å². The number of aromatic nitrogens is 2. The first kappa shape index (κ1) is 9.17. The number of ether oxygens (including phenoxy) is 1. The van der Waals surface area contributed by atoms with Crippen LogP contribution in [0, 0.1) is 0 Å². The van der Waals surface area contributed by atoms with Gasteiger partial charge in [-0.2, -0.15) is 4.98 Å². The van der Waals surface area contributed by atoms with Gasteiger partial charge in [-0.3, -0.25) is 10.4 Å². The minimum absolute atomic E-state index is 0.0684. The largest absolute Gasteiger partial charge is 0.456 e. The first-order valence-electron chi connectivity index (χ1n) is 4.49. The van der Waals surface area contributed by atoms with Crippen molar-refractivity contribution in [1.82, 2.24) is 20.8 Å². The minimum Gasteiger partial charge on any atom is -0.456 e. The molecule has 1 aliphatic heterocycles. The van der Waals surface area contributed by atoms with Crippen LogP contribution in [0.15, 0.2) is 12.4 Å². The molecular weight excluding hydrogens is 182 g/mol. The van der Waals surface area contributed by atoms with E-state index in [1.807, 2.05) is 0 Å². The summed E-state index contributed by atoms with van der Waals surface area (Å²) in [7, 11) is 0. The highest BCUT2D eigenvalue weighted by Gasteiger charge is 2.21. The molecule has 2 heterocycles. The van der Waals surface area contributed by atoms with Crippen LogP contribution in [0.4, 0.5) is 5.82 Å². The van der Waals surface area contributed by atoms with Gasteiger partial charge in [-0.25, -0.2) is 5.43 Å². The predicted octanol–water partition coefficient (Wildman–Crippen LogP) is -0.350. The van der Waals surface area contributed by atoms with E-state index in [2.05, 4.69) is 27.7 Å². The molecule has 0 aromatic carbocycles. The van der Waals surface area contributed by atoms with Gasteiger partial charge in [0, 0.05) is 12.5 Å². The van der Waals surface area contributed by atoms with E-state index in [-0.39, 0.29) is 6.23 Å². The fourth-order valence-corrected chi connectivity index (χ4v) is 1.32. The summed E-state index contributed by atoms with van der Waals surface area (Å²) < 4.78 is 5.50. The van der Waals surface area contributed by atoms with Crippen LogP contribution in [-0.2, 0) is 0 Å². The summed E-state index contributed by atoms with van der Waals surface area (Å²) >= 11 is 0. The Morgan fingerprint density at radius 1 is 1.50 bits per heavy atom. The van der Waals surface area contributed by atoms with Gasteiger partial charge in [0.25, 0.3) is 0 Å². The highest BCUT2D eigenvalue weighted by atomic mass is 16.5. The lowest BCUT2D eigenvalue weighted by molar-refractivity contribution is 0.172. The third-order valence-electron chi connectivity index (χ3n) is 1.95. The van der Waals surface area contributed by atoms with E-state index in [4.69, 9.17) is 10.5 Å². The lowest BCUT2D eigenvalue weighted by Crippen LogP contribution is -2.35. The van der Waals surface area contributed by atoms with Gasteiger partial charge in [-0.1, -0.05) is 0 Å². The third-order valence-corrected chi connectivity index (χ3v) is 1.95. The molecule has 14 heavy (non-hydrogen) atoms. The van der Waals surface area contributed by atoms with E-state index in [0.29, 0.717) is 17.7 Å². The Balaban J connectivity index is 1.97. The standard InChI is InChI=1S/C8H13N5O/c1-5-2-7(13-12-5)14-8-4-10-3-6(9)11-8/h3-5,7,12-13H,2H2,1H3,(H2,9,11). The average Bonchev–Trinajstić information content (AvgIpc) is 2.51. The Morgan fingerprint density at radius 3 is 3.00 bits per heavy atom. The minimum atomic E-state index is -0.0684. The maximum absolute atomic E-state index is 5.50. The molecule has 1 aromatic heterocycles. The Morgan fingerprint density at radius 2 is 2.36 bits per heavy atom. The highest BCUT2D eigenvalue weighted by Crippen LogP contribution is 2.12. The lowest BCUT2D eigenvalue weighted by Gasteiger charge is -2.11. The Labute approximate surface area is 81.8 Å². The summed E-state index contributed by atoms with van der Waals surface area (Å²) in [6, 6.07) is 0.397. The molecule has 0 radical (unpaired) electrons. The number of hydrogen-bond donors (Lipinski definition) is 3. The fourth-order valence-electron chi connectivity index (χ4n) is 1.32. The number of anilines is 1. The van der Waals surface area contributed by atoms with E-state index in [0.717, 1.165) is 6.42 Å². The zero-order valence-corrected chi connectivity index (χ0v) is 7.90. The summed E-state index contributed by atoms with van der Waals surface area (Å²) in [4.78, 5) is 7.87. The molecule has 0 amide bonds. The number of nitrogens with one attached hydrogen (secondary N) is 2. The second-order valence-electron chi connectivity index (χ2n) is 3.31. The molecular formula is C8H13N5O. The number of nitrogens with zero attached hydrogens (tertiary/aromatic N) is 2. The second-order valence-corrected chi connectivity index (χ2v) is 3.31. The van der Waals surface area contributed by atoms with Crippen LogP contribution in [0.25, 0.3) is 0 Å². The van der Waals surface area contributed by atoms with Crippen LogP contribution in [0.2, 0.25) is 0 Å². The van der Waals surface area contributed by atoms with Crippen LogP contribution in [0.3, 0.4) is 0 Å². The second kappa shape index (κ2) is 3.77. The molecule has 1 aliphatic rings. The fraction of sp³-hybridized carbons (Fsp3) is 0.500. The van der Waals surface area contributed by atoms with Crippen LogP contribution in [0.5, 0.6) is 5.88 Å². The molecule has 0 bridgehead atoms. The molecule has 6 heteroatoms. The highest BCUT2D eigenvalue weighted by molar-refractivity contribution is 5.26. The van der Waals surface area contributed by atoms with Gasteiger partial charge < -0.3 is 10.5 Å². The van der Waals surface area contributed by atoms with E-state index in [1.165, 1.54) is 6.20 Å². The van der Waals surface area contributed by atoms with E-state index in [9.17, 15) is 0 Å². The van der Waals surface area contributed by atoms with Crippen molar-refractivity contribution in [3.05, 3.63) is 12.4 Å². The summed E-state index contributed by atoms with van der Waals surface area (Å²) in [5, 5.41) is 0. The quantitative estimate of drug-likeness (QED) is 0.598. The van der Waals surface area contributed by atoms with Gasteiger partial charge in [-0.15, -0.1) is 0 Å². The molecule has 1 saturated heterocycles. The normalized spacial score (nSPS) is 26.4. The summed E-state index contributed by atoms with van der Waals surface area (Å²) in [5.41, 5.74) is 11.5. The van der Waals surface area contributed by atoms with Crippen molar-refractivity contribution >= 4 is 5.82 Å². The predicted molar refractivity (Wildman–Crippen MR) is 51.2 cm³/mol. The topological polar surface area (TPSA) is 85.1 Å². The molecule has 1 fully saturated rings. The molecule has 1 aromatic rings. The van der Waals surface area contributed by atoms with Gasteiger partial charge in [0.1, 0.15) is 5.82 Å². The Hall–Kier alpha value is -1.40. The van der Waals surface area contributed by atoms with Gasteiger partial charge in [0.05, 0.1) is 12.4 Å². The van der Waals surface area contributed by atoms with Gasteiger partial charge >= 0.3 is 0 Å². The SMILES string of the molecule is CC1CC(Oc2cncc(N)n2)NN1. The van der Waals surface area contributed by atoms with Crippen molar-refractivity contribution < 1.29 is 4.74 Å². The zero-order valence-electron chi connectivity index (χ0n) is 7.90. The van der Waals surface area contributed by atoms with Crippen molar-refractivity contribution in [2.75, 3.05) is 5.73 Å². The van der Waals surface area contributed by atoms with Gasteiger partial charge in [0.2, 0.25) is 5.88 Å². The molecule has 2 unspecified atom stereocenters. The van der Waals surface area contributed by atoms with E-state index >= 15 is 0 Å². The zero-order chi connectivity index (χ0) is 9.97. The van der Waals surface area contributed by atoms with Crippen molar-refractivity contribution in [1.29, 1.82) is 0 Å². The molecule has 2 atom stereocenters. The summed E-state index contributed by atoms with van der Waals surface area (Å²) in [5.74, 6) is 0.805. The number of hydrazine groups is 1. The van der Waals surface area contributed by atoms with Crippen LogP contribution >= 0.6 is 0 Å². The van der Waals surface area contributed by atoms with Crippen molar-refractivity contribution in [3.8, 4) is 5.88 Å². The van der Waals surface area contributed by atoms with Crippen molar-refractivity contribution in [2.24, 2.45) is 0 Å².